The molecular formula is C16H23N5O5. The highest BCUT2D eigenvalue weighted by molar-refractivity contribution is 5.82. The summed E-state index contributed by atoms with van der Waals surface area (Å²) >= 11 is 0. The molecule has 10 heteroatoms. The number of hydrogen-bond donors (Lipinski definition) is 4. The van der Waals surface area contributed by atoms with Crippen LogP contribution in [0.1, 0.15) is 25.5 Å². The summed E-state index contributed by atoms with van der Waals surface area (Å²) in [6.45, 7) is -0.314. The van der Waals surface area contributed by atoms with Gasteiger partial charge >= 0.3 is 0 Å². The number of methoxy groups -OCH3 is 1. The van der Waals surface area contributed by atoms with Crippen molar-refractivity contribution < 1.29 is 24.8 Å². The number of imidazole rings is 1. The summed E-state index contributed by atoms with van der Waals surface area (Å²) in [5.41, 5.74) is 1.07. The monoisotopic (exact) mass is 365 g/mol. The molecule has 1 aliphatic heterocycles. The maximum Gasteiger partial charge on any atom is 0.167 e. The maximum absolute atomic E-state index is 10.2. The van der Waals surface area contributed by atoms with E-state index >= 15 is 0 Å². The Morgan fingerprint density at radius 2 is 2.15 bits per heavy atom. The minimum absolute atomic E-state index is 0.0618. The number of fused-ring (bicyclic) bond motifs is 1. The lowest BCUT2D eigenvalue weighted by Gasteiger charge is -2.20. The first-order valence-corrected chi connectivity index (χ1v) is 8.73. The smallest absolute Gasteiger partial charge is 0.167 e. The zero-order valence-corrected chi connectivity index (χ0v) is 14.4. The molecule has 1 aliphatic carbocycles. The van der Waals surface area contributed by atoms with Crippen LogP contribution in [0.25, 0.3) is 11.2 Å². The molecule has 6 atom stereocenters. The first kappa shape index (κ1) is 17.6. The Hall–Kier alpha value is -1.85. The molecule has 26 heavy (non-hydrogen) atoms. The lowest BCUT2D eigenvalue weighted by molar-refractivity contribution is -0.0583. The van der Waals surface area contributed by atoms with Gasteiger partial charge in [0.1, 0.15) is 24.6 Å². The van der Waals surface area contributed by atoms with Gasteiger partial charge in [-0.1, -0.05) is 0 Å². The Balaban J connectivity index is 1.66. The number of nitrogens with one attached hydrogen (secondary N) is 1. The summed E-state index contributed by atoms with van der Waals surface area (Å²) in [6.07, 6.45) is 2.15. The third kappa shape index (κ3) is 2.83. The highest BCUT2D eigenvalue weighted by atomic mass is 16.6. The number of anilines is 1. The second-order valence-corrected chi connectivity index (χ2v) is 6.73. The summed E-state index contributed by atoms with van der Waals surface area (Å²) < 4.78 is 12.8. The summed E-state index contributed by atoms with van der Waals surface area (Å²) in [6, 6.07) is -0.0618. The van der Waals surface area contributed by atoms with Crippen LogP contribution in [0, 0.1) is 0 Å². The highest BCUT2D eigenvalue weighted by Crippen LogP contribution is 2.34. The average molecular weight is 365 g/mol. The summed E-state index contributed by atoms with van der Waals surface area (Å²) in [4.78, 5) is 12.9. The topological polar surface area (TPSA) is 135 Å². The van der Waals surface area contributed by atoms with Crippen LogP contribution in [-0.2, 0) is 9.47 Å². The molecule has 2 aliphatic rings. The van der Waals surface area contributed by atoms with E-state index in [-0.39, 0.29) is 12.6 Å². The fourth-order valence-corrected chi connectivity index (χ4v) is 3.78. The van der Waals surface area contributed by atoms with Gasteiger partial charge in [0.25, 0.3) is 0 Å². The molecule has 4 N–H and O–H groups in total. The van der Waals surface area contributed by atoms with Gasteiger partial charge in [-0.15, -0.1) is 0 Å². The summed E-state index contributed by atoms with van der Waals surface area (Å²) in [7, 11) is 1.48. The van der Waals surface area contributed by atoms with Gasteiger partial charge in [-0.25, -0.2) is 15.0 Å². The molecule has 1 saturated heterocycles. The molecule has 0 amide bonds. The lowest BCUT2D eigenvalue weighted by Crippen LogP contribution is -2.34. The molecule has 2 fully saturated rings. The van der Waals surface area contributed by atoms with Gasteiger partial charge in [-0.3, -0.25) is 4.57 Å². The molecule has 4 rings (SSSR count). The molecular weight excluding hydrogens is 342 g/mol. The molecule has 0 spiro atoms. The zero-order valence-electron chi connectivity index (χ0n) is 14.4. The maximum atomic E-state index is 10.2. The quantitative estimate of drug-likeness (QED) is 0.549. The van der Waals surface area contributed by atoms with Gasteiger partial charge in [0, 0.05) is 7.11 Å². The minimum Gasteiger partial charge on any atom is -0.394 e. The molecule has 0 bridgehead atoms. The van der Waals surface area contributed by atoms with Crippen LogP contribution in [0.15, 0.2) is 12.7 Å². The number of aromatic nitrogens is 4. The van der Waals surface area contributed by atoms with Gasteiger partial charge in [-0.05, 0) is 19.3 Å². The Labute approximate surface area is 149 Å². The second kappa shape index (κ2) is 7.05. The number of nitrogens with zero attached hydrogens (tertiary/aromatic N) is 4. The van der Waals surface area contributed by atoms with E-state index in [2.05, 4.69) is 20.3 Å². The minimum atomic E-state index is -0.958. The summed E-state index contributed by atoms with van der Waals surface area (Å²) in [5.74, 6) is 0.547. The first-order valence-electron chi connectivity index (χ1n) is 8.73. The van der Waals surface area contributed by atoms with Crippen molar-refractivity contribution in [3.8, 4) is 0 Å². The molecule has 3 heterocycles. The van der Waals surface area contributed by atoms with Crippen LogP contribution in [0.5, 0.6) is 0 Å². The standard InChI is InChI=1S/C16H23N5O5/c1-25-13-12(24)10(5-22)26-16(13)21-7-19-11-14(17-6-18-15(11)21)20-8-3-2-4-9(8)23/h6-10,12-13,16,22-24H,2-5H2,1H3,(H,17,18,20)/t8?,9-,10+,12+,13+,16+/m0/s1. The number of ether oxygens (including phenoxy) is 2. The van der Waals surface area contributed by atoms with Crippen molar-refractivity contribution in [1.29, 1.82) is 0 Å². The van der Waals surface area contributed by atoms with Crippen LogP contribution < -0.4 is 5.32 Å². The third-order valence-corrected chi connectivity index (χ3v) is 5.20. The van der Waals surface area contributed by atoms with E-state index in [0.29, 0.717) is 17.0 Å². The SMILES string of the molecule is CO[C@@H]1[C@H](O)[C@@H](CO)O[C@H]1n1cnc2c(NC3CCC[C@@H]3O)ncnc21. The van der Waals surface area contributed by atoms with Gasteiger partial charge in [0.15, 0.2) is 23.2 Å². The van der Waals surface area contributed by atoms with Gasteiger partial charge in [0.2, 0.25) is 0 Å². The number of rotatable bonds is 5. The largest absolute Gasteiger partial charge is 0.394 e. The number of aliphatic hydroxyl groups excluding tert-OH is 3. The predicted octanol–water partition coefficient (Wildman–Crippen LogP) is -0.583. The third-order valence-electron chi connectivity index (χ3n) is 5.20. The Morgan fingerprint density at radius 3 is 2.85 bits per heavy atom. The van der Waals surface area contributed by atoms with Crippen molar-refractivity contribution in [2.24, 2.45) is 0 Å². The normalized spacial score (nSPS) is 34.6. The second-order valence-electron chi connectivity index (χ2n) is 6.73. The fourth-order valence-electron chi connectivity index (χ4n) is 3.78. The van der Waals surface area contributed by atoms with Crippen molar-refractivity contribution >= 4 is 17.0 Å². The molecule has 2 aromatic rings. The van der Waals surface area contributed by atoms with Crippen LogP contribution in [0.2, 0.25) is 0 Å². The van der Waals surface area contributed by atoms with Gasteiger partial charge < -0.3 is 30.1 Å². The molecule has 0 aromatic carbocycles. The molecule has 0 radical (unpaired) electrons. The van der Waals surface area contributed by atoms with Crippen molar-refractivity contribution in [1.82, 2.24) is 19.5 Å². The predicted molar refractivity (Wildman–Crippen MR) is 90.4 cm³/mol. The average Bonchev–Trinajstić information content (AvgIpc) is 3.33. The van der Waals surface area contributed by atoms with Crippen molar-refractivity contribution in [2.45, 2.75) is 55.9 Å². The van der Waals surface area contributed by atoms with E-state index in [4.69, 9.17) is 9.47 Å². The molecule has 142 valence electrons. The van der Waals surface area contributed by atoms with Gasteiger partial charge in [0.05, 0.1) is 25.1 Å². The van der Waals surface area contributed by atoms with Crippen LogP contribution >= 0.6 is 0 Å². The van der Waals surface area contributed by atoms with E-state index in [0.717, 1.165) is 19.3 Å². The van der Waals surface area contributed by atoms with Crippen molar-refractivity contribution in [3.63, 3.8) is 0 Å². The van der Waals surface area contributed by atoms with Gasteiger partial charge in [-0.2, -0.15) is 0 Å². The van der Waals surface area contributed by atoms with E-state index in [9.17, 15) is 15.3 Å². The molecule has 10 nitrogen and oxygen atoms in total. The number of aliphatic hydroxyl groups is 3. The Morgan fingerprint density at radius 1 is 1.31 bits per heavy atom. The van der Waals surface area contributed by atoms with E-state index < -0.39 is 30.6 Å². The lowest BCUT2D eigenvalue weighted by atomic mass is 10.1. The van der Waals surface area contributed by atoms with Crippen LogP contribution in [0.4, 0.5) is 5.82 Å². The van der Waals surface area contributed by atoms with Crippen LogP contribution in [0.3, 0.4) is 0 Å². The zero-order chi connectivity index (χ0) is 18.3. The molecule has 1 unspecified atom stereocenters. The van der Waals surface area contributed by atoms with Crippen molar-refractivity contribution in [2.75, 3.05) is 19.0 Å². The molecule has 2 aromatic heterocycles. The van der Waals surface area contributed by atoms with Crippen molar-refractivity contribution in [3.05, 3.63) is 12.7 Å². The first-order chi connectivity index (χ1) is 12.6. The van der Waals surface area contributed by atoms with E-state index in [1.165, 1.54) is 13.4 Å². The van der Waals surface area contributed by atoms with E-state index in [1.54, 1.807) is 10.9 Å². The summed E-state index contributed by atoms with van der Waals surface area (Å²) in [5, 5.41) is 32.9. The Kier molecular flexibility index (Phi) is 4.76. The molecule has 1 saturated carbocycles. The Bertz CT molecular complexity index is 771. The highest BCUT2D eigenvalue weighted by Gasteiger charge is 2.45. The fraction of sp³-hybridized carbons (Fsp3) is 0.688. The van der Waals surface area contributed by atoms with E-state index in [1.807, 2.05) is 0 Å². The number of hydrogen-bond acceptors (Lipinski definition) is 9. The van der Waals surface area contributed by atoms with Crippen LogP contribution in [-0.4, -0.2) is 79.0 Å².